The van der Waals surface area contributed by atoms with Crippen molar-refractivity contribution in [3.05, 3.63) is 22.8 Å². The fourth-order valence-electron chi connectivity index (χ4n) is 2.79. The summed E-state index contributed by atoms with van der Waals surface area (Å²) in [4.78, 5) is 0.351. The number of sulfonamides is 1. The van der Waals surface area contributed by atoms with Gasteiger partial charge in [-0.1, -0.05) is 19.9 Å². The normalized spacial score (nSPS) is 14.0. The SMILES string of the molecule is Cc1cc(C)c(S(=O)(=O)N(C)C(C)CC(C)C)c(C)c1N. The molecule has 1 atom stereocenters. The van der Waals surface area contributed by atoms with E-state index in [0.717, 1.165) is 17.5 Å². The van der Waals surface area contributed by atoms with Crippen molar-refractivity contribution in [1.29, 1.82) is 0 Å². The summed E-state index contributed by atoms with van der Waals surface area (Å²) in [6.45, 7) is 11.6. The molecule has 0 aliphatic heterocycles. The Kier molecular flexibility index (Phi) is 5.45. The first-order chi connectivity index (χ1) is 9.50. The lowest BCUT2D eigenvalue weighted by Gasteiger charge is -2.27. The molecule has 0 fully saturated rings. The molecular formula is C16H28N2O2S. The number of nitrogen functional groups attached to an aromatic ring is 1. The van der Waals surface area contributed by atoms with Crippen LogP contribution in [0.4, 0.5) is 5.69 Å². The fourth-order valence-corrected chi connectivity index (χ4v) is 4.60. The van der Waals surface area contributed by atoms with E-state index in [2.05, 4.69) is 13.8 Å². The Balaban J connectivity index is 3.35. The first kappa shape index (κ1) is 18.0. The van der Waals surface area contributed by atoms with E-state index in [0.29, 0.717) is 22.1 Å². The van der Waals surface area contributed by atoms with Crippen LogP contribution in [0, 0.1) is 26.7 Å². The van der Waals surface area contributed by atoms with Gasteiger partial charge in [-0.15, -0.1) is 0 Å². The lowest BCUT2D eigenvalue weighted by molar-refractivity contribution is 0.337. The summed E-state index contributed by atoms with van der Waals surface area (Å²) >= 11 is 0. The minimum absolute atomic E-state index is 0.0451. The van der Waals surface area contributed by atoms with Crippen molar-refractivity contribution in [2.75, 3.05) is 12.8 Å². The Labute approximate surface area is 129 Å². The summed E-state index contributed by atoms with van der Waals surface area (Å²) < 4.78 is 27.3. The minimum Gasteiger partial charge on any atom is -0.398 e. The topological polar surface area (TPSA) is 63.4 Å². The second-order valence-electron chi connectivity index (χ2n) is 6.38. The highest BCUT2D eigenvalue weighted by molar-refractivity contribution is 7.89. The molecule has 0 aromatic heterocycles. The van der Waals surface area contributed by atoms with Gasteiger partial charge >= 0.3 is 0 Å². The quantitative estimate of drug-likeness (QED) is 0.849. The largest absolute Gasteiger partial charge is 0.398 e. The summed E-state index contributed by atoms with van der Waals surface area (Å²) in [6, 6.07) is 1.80. The Hall–Kier alpha value is -1.07. The molecule has 5 heteroatoms. The predicted octanol–water partition coefficient (Wildman–Crippen LogP) is 3.25. The van der Waals surface area contributed by atoms with Crippen LogP contribution in [0.3, 0.4) is 0 Å². The van der Waals surface area contributed by atoms with E-state index in [9.17, 15) is 8.42 Å². The van der Waals surface area contributed by atoms with Gasteiger partial charge in [0.05, 0.1) is 4.90 Å². The van der Waals surface area contributed by atoms with Gasteiger partial charge in [0.25, 0.3) is 0 Å². The Morgan fingerprint density at radius 2 is 1.67 bits per heavy atom. The van der Waals surface area contributed by atoms with Gasteiger partial charge in [0, 0.05) is 18.8 Å². The second-order valence-corrected chi connectivity index (χ2v) is 8.31. The zero-order chi connectivity index (χ0) is 16.5. The number of hydrogen-bond donors (Lipinski definition) is 1. The standard InChI is InChI=1S/C16H28N2O2S/c1-10(2)8-13(5)18(7)21(19,20)16-12(4)9-11(3)15(17)14(16)6/h9-10,13H,8,17H2,1-7H3. The van der Waals surface area contributed by atoms with Gasteiger partial charge in [-0.3, -0.25) is 0 Å². The van der Waals surface area contributed by atoms with E-state index in [4.69, 9.17) is 5.73 Å². The van der Waals surface area contributed by atoms with E-state index in [1.165, 1.54) is 4.31 Å². The number of anilines is 1. The van der Waals surface area contributed by atoms with E-state index < -0.39 is 10.0 Å². The van der Waals surface area contributed by atoms with Gasteiger partial charge in [-0.25, -0.2) is 8.42 Å². The molecular weight excluding hydrogens is 284 g/mol. The van der Waals surface area contributed by atoms with Crippen molar-refractivity contribution < 1.29 is 8.42 Å². The van der Waals surface area contributed by atoms with Gasteiger partial charge in [0.2, 0.25) is 10.0 Å². The average molecular weight is 312 g/mol. The maximum Gasteiger partial charge on any atom is 0.243 e. The molecule has 1 rings (SSSR count). The molecule has 0 amide bonds. The van der Waals surface area contributed by atoms with Crippen LogP contribution in [0.15, 0.2) is 11.0 Å². The molecule has 0 bridgehead atoms. The third-order valence-corrected chi connectivity index (χ3v) is 6.29. The van der Waals surface area contributed by atoms with Crippen molar-refractivity contribution in [2.45, 2.75) is 58.9 Å². The maximum atomic E-state index is 12.9. The molecule has 0 spiro atoms. The first-order valence-corrected chi connectivity index (χ1v) is 8.78. The second kappa shape index (κ2) is 6.36. The van der Waals surface area contributed by atoms with Crippen LogP contribution in [-0.2, 0) is 10.0 Å². The Morgan fingerprint density at radius 3 is 2.14 bits per heavy atom. The van der Waals surface area contributed by atoms with Crippen LogP contribution < -0.4 is 5.73 Å². The van der Waals surface area contributed by atoms with Gasteiger partial charge in [0.15, 0.2) is 0 Å². The summed E-state index contributed by atoms with van der Waals surface area (Å²) in [5, 5.41) is 0. The molecule has 21 heavy (non-hydrogen) atoms. The van der Waals surface area contributed by atoms with Crippen molar-refractivity contribution in [3.8, 4) is 0 Å². The monoisotopic (exact) mass is 312 g/mol. The first-order valence-electron chi connectivity index (χ1n) is 7.34. The molecule has 0 heterocycles. The number of hydrogen-bond acceptors (Lipinski definition) is 3. The van der Waals surface area contributed by atoms with Gasteiger partial charge in [0.1, 0.15) is 0 Å². The zero-order valence-corrected chi connectivity index (χ0v) is 15.0. The number of rotatable bonds is 5. The maximum absolute atomic E-state index is 12.9. The van der Waals surface area contributed by atoms with Crippen LogP contribution in [0.1, 0.15) is 43.9 Å². The van der Waals surface area contributed by atoms with Crippen molar-refractivity contribution in [2.24, 2.45) is 5.92 Å². The summed E-state index contributed by atoms with van der Waals surface area (Å²) in [6.07, 6.45) is 0.829. The predicted molar refractivity (Wildman–Crippen MR) is 88.9 cm³/mol. The Morgan fingerprint density at radius 1 is 1.14 bits per heavy atom. The highest BCUT2D eigenvalue weighted by Gasteiger charge is 2.29. The van der Waals surface area contributed by atoms with Crippen molar-refractivity contribution in [3.63, 3.8) is 0 Å². The molecule has 1 aromatic rings. The van der Waals surface area contributed by atoms with Gasteiger partial charge in [-0.05, 0) is 56.7 Å². The smallest absolute Gasteiger partial charge is 0.243 e. The highest BCUT2D eigenvalue weighted by atomic mass is 32.2. The third kappa shape index (κ3) is 3.58. The van der Waals surface area contributed by atoms with E-state index >= 15 is 0 Å². The minimum atomic E-state index is -3.53. The van der Waals surface area contributed by atoms with E-state index in [-0.39, 0.29) is 6.04 Å². The lowest BCUT2D eigenvalue weighted by atomic mass is 10.1. The molecule has 0 aliphatic carbocycles. The fraction of sp³-hybridized carbons (Fsp3) is 0.625. The number of benzene rings is 1. The molecule has 120 valence electrons. The number of nitrogens with zero attached hydrogens (tertiary/aromatic N) is 1. The van der Waals surface area contributed by atoms with Crippen LogP contribution in [0.2, 0.25) is 0 Å². The molecule has 2 N–H and O–H groups in total. The third-order valence-electron chi connectivity index (χ3n) is 4.03. The average Bonchev–Trinajstić information content (AvgIpc) is 2.33. The van der Waals surface area contributed by atoms with Crippen LogP contribution >= 0.6 is 0 Å². The van der Waals surface area contributed by atoms with Crippen molar-refractivity contribution in [1.82, 2.24) is 4.31 Å². The van der Waals surface area contributed by atoms with Crippen LogP contribution in [0.5, 0.6) is 0 Å². The summed E-state index contributed by atoms with van der Waals surface area (Å²) in [7, 11) is -1.88. The molecule has 1 unspecified atom stereocenters. The van der Waals surface area contributed by atoms with E-state index in [1.807, 2.05) is 26.8 Å². The zero-order valence-electron chi connectivity index (χ0n) is 14.2. The molecule has 0 saturated carbocycles. The van der Waals surface area contributed by atoms with Gasteiger partial charge < -0.3 is 5.73 Å². The summed E-state index contributed by atoms with van der Waals surface area (Å²) in [5.41, 5.74) is 8.90. The summed E-state index contributed by atoms with van der Waals surface area (Å²) in [5.74, 6) is 0.447. The Bertz CT molecular complexity index is 622. The van der Waals surface area contributed by atoms with Crippen LogP contribution in [-0.4, -0.2) is 25.8 Å². The molecule has 0 radical (unpaired) electrons. The number of nitrogens with two attached hydrogens (primary N) is 1. The number of aryl methyl sites for hydroxylation is 2. The van der Waals surface area contributed by atoms with Crippen molar-refractivity contribution >= 4 is 15.7 Å². The molecule has 4 nitrogen and oxygen atoms in total. The van der Waals surface area contributed by atoms with Gasteiger partial charge in [-0.2, -0.15) is 4.31 Å². The van der Waals surface area contributed by atoms with E-state index in [1.54, 1.807) is 14.0 Å². The van der Waals surface area contributed by atoms with Crippen LogP contribution in [0.25, 0.3) is 0 Å². The highest BCUT2D eigenvalue weighted by Crippen LogP contribution is 2.31. The molecule has 1 aromatic carbocycles. The lowest BCUT2D eigenvalue weighted by Crippen LogP contribution is -2.36. The molecule has 0 aliphatic rings. The molecule has 0 saturated heterocycles.